The van der Waals surface area contributed by atoms with Gasteiger partial charge in [0.05, 0.1) is 17.7 Å². The zero-order valence-corrected chi connectivity index (χ0v) is 6.54. The summed E-state index contributed by atoms with van der Waals surface area (Å²) in [4.78, 5) is 0. The van der Waals surface area contributed by atoms with Gasteiger partial charge in [-0.05, 0) is 20.3 Å². The number of aliphatic hydroxyl groups excluding tert-OH is 2. The molecule has 0 rings (SSSR count). The maximum Gasteiger partial charge on any atom is 0.0716 e. The number of aliphatic hydroxyl groups is 2. The van der Waals surface area contributed by atoms with Gasteiger partial charge in [-0.25, -0.2) is 0 Å². The first-order chi connectivity index (χ1) is 4.45. The summed E-state index contributed by atoms with van der Waals surface area (Å²) in [6, 6.07) is 0. The highest BCUT2D eigenvalue weighted by atomic mass is 16.3. The molecule has 0 aromatic heterocycles. The van der Waals surface area contributed by atoms with Gasteiger partial charge in [0.15, 0.2) is 0 Å². The molecule has 1 radical (unpaired) electrons. The molecule has 10 heavy (non-hydrogen) atoms. The Labute approximate surface area is 61.9 Å². The van der Waals surface area contributed by atoms with Crippen LogP contribution in [0.25, 0.3) is 0 Å². The second-order valence-electron chi connectivity index (χ2n) is 2.71. The summed E-state index contributed by atoms with van der Waals surface area (Å²) in [5, 5.41) is 18.2. The van der Waals surface area contributed by atoms with Crippen molar-refractivity contribution in [3.8, 4) is 0 Å². The average Bonchev–Trinajstić information content (AvgIpc) is 1.85. The smallest absolute Gasteiger partial charge is 0.0716 e. The van der Waals surface area contributed by atoms with Crippen LogP contribution in [-0.4, -0.2) is 28.0 Å². The minimum Gasteiger partial charge on any atom is -0.391 e. The molecule has 0 spiro atoms. The lowest BCUT2D eigenvalue weighted by atomic mass is 9.86. The van der Waals surface area contributed by atoms with Crippen LogP contribution >= 0.6 is 0 Å². The van der Waals surface area contributed by atoms with Crippen LogP contribution in [0.1, 0.15) is 20.3 Å². The lowest BCUT2D eigenvalue weighted by Crippen LogP contribution is -2.57. The Morgan fingerprint density at radius 1 is 1.40 bits per heavy atom. The molecule has 0 aliphatic carbocycles. The van der Waals surface area contributed by atoms with E-state index in [0.717, 1.165) is 0 Å². The van der Waals surface area contributed by atoms with Crippen molar-refractivity contribution in [3.05, 3.63) is 6.92 Å². The minimum atomic E-state index is -0.958. The summed E-state index contributed by atoms with van der Waals surface area (Å²) in [6.45, 7) is 6.66. The van der Waals surface area contributed by atoms with Crippen molar-refractivity contribution < 1.29 is 10.2 Å². The summed E-state index contributed by atoms with van der Waals surface area (Å²) < 4.78 is 0. The zero-order valence-electron chi connectivity index (χ0n) is 6.54. The van der Waals surface area contributed by atoms with Crippen molar-refractivity contribution in [2.24, 2.45) is 5.73 Å². The maximum atomic E-state index is 9.12. The van der Waals surface area contributed by atoms with E-state index >= 15 is 0 Å². The van der Waals surface area contributed by atoms with Crippen LogP contribution < -0.4 is 5.73 Å². The van der Waals surface area contributed by atoms with E-state index in [4.69, 9.17) is 15.9 Å². The lowest BCUT2D eigenvalue weighted by molar-refractivity contribution is 0.00881. The third kappa shape index (κ3) is 1.68. The third-order valence-corrected chi connectivity index (χ3v) is 1.99. The predicted molar refractivity (Wildman–Crippen MR) is 40.3 cm³/mol. The minimum absolute atomic E-state index is 0.322. The molecular weight excluding hydrogens is 130 g/mol. The van der Waals surface area contributed by atoms with Crippen LogP contribution in [0.15, 0.2) is 0 Å². The number of nitrogens with two attached hydrogens (primary N) is 1. The summed E-state index contributed by atoms with van der Waals surface area (Å²) in [5.41, 5.74) is 4.66. The van der Waals surface area contributed by atoms with Gasteiger partial charge in [-0.2, -0.15) is 0 Å². The fourth-order valence-electron chi connectivity index (χ4n) is 0.767. The van der Waals surface area contributed by atoms with Crippen LogP contribution in [0.2, 0.25) is 0 Å². The molecule has 0 aromatic rings. The largest absolute Gasteiger partial charge is 0.391 e. The number of hydrogen-bond donors (Lipinski definition) is 3. The van der Waals surface area contributed by atoms with Crippen LogP contribution in [-0.2, 0) is 0 Å². The summed E-state index contributed by atoms with van der Waals surface area (Å²) in [5.74, 6) is 0. The molecular formula is C7H16NO2. The van der Waals surface area contributed by atoms with Gasteiger partial charge in [-0.3, -0.25) is 0 Å². The van der Waals surface area contributed by atoms with Crippen LogP contribution in [0.5, 0.6) is 0 Å². The molecule has 0 heterocycles. The molecule has 2 unspecified atom stereocenters. The molecule has 2 atom stereocenters. The van der Waals surface area contributed by atoms with E-state index in [0.29, 0.717) is 6.42 Å². The molecule has 0 aliphatic heterocycles. The van der Waals surface area contributed by atoms with Crippen molar-refractivity contribution >= 4 is 0 Å². The maximum absolute atomic E-state index is 9.12. The standard InChI is InChI=1S/C7H16NO2/c1-4-7(8,5(2)9)6(3)10/h5-6,9-10H,1,4,8H2,2-3H3. The van der Waals surface area contributed by atoms with E-state index in [1.165, 1.54) is 0 Å². The second-order valence-corrected chi connectivity index (χ2v) is 2.71. The Kier molecular flexibility index (Phi) is 3.28. The highest BCUT2D eigenvalue weighted by Gasteiger charge is 2.33. The molecule has 0 amide bonds. The number of hydrogen-bond acceptors (Lipinski definition) is 3. The van der Waals surface area contributed by atoms with E-state index in [1.54, 1.807) is 13.8 Å². The first-order valence-electron chi connectivity index (χ1n) is 3.39. The first-order valence-corrected chi connectivity index (χ1v) is 3.39. The summed E-state index contributed by atoms with van der Waals surface area (Å²) in [7, 11) is 0. The highest BCUT2D eigenvalue weighted by Crippen LogP contribution is 2.15. The molecule has 61 valence electrons. The van der Waals surface area contributed by atoms with Crippen molar-refractivity contribution in [1.82, 2.24) is 0 Å². The summed E-state index contributed by atoms with van der Waals surface area (Å²) in [6.07, 6.45) is -1.14. The van der Waals surface area contributed by atoms with Gasteiger partial charge >= 0.3 is 0 Å². The highest BCUT2D eigenvalue weighted by molar-refractivity contribution is 4.94. The average molecular weight is 146 g/mol. The van der Waals surface area contributed by atoms with Gasteiger partial charge in [-0.15, -0.1) is 0 Å². The third-order valence-electron chi connectivity index (χ3n) is 1.99. The van der Waals surface area contributed by atoms with Crippen LogP contribution in [0.4, 0.5) is 0 Å². The molecule has 0 aromatic carbocycles. The van der Waals surface area contributed by atoms with E-state index in [2.05, 4.69) is 6.92 Å². The van der Waals surface area contributed by atoms with Crippen molar-refractivity contribution in [1.29, 1.82) is 0 Å². The van der Waals surface area contributed by atoms with Crippen LogP contribution in [0, 0.1) is 6.92 Å². The molecule has 0 saturated heterocycles. The Morgan fingerprint density at radius 2 is 1.70 bits per heavy atom. The fraction of sp³-hybridized carbons (Fsp3) is 0.857. The molecule has 0 aliphatic rings. The van der Waals surface area contributed by atoms with Gasteiger partial charge in [-0.1, -0.05) is 6.92 Å². The topological polar surface area (TPSA) is 66.5 Å². The van der Waals surface area contributed by atoms with Crippen molar-refractivity contribution in [3.63, 3.8) is 0 Å². The predicted octanol–water partition coefficient (Wildman–Crippen LogP) is -0.330. The van der Waals surface area contributed by atoms with Crippen molar-refractivity contribution in [2.45, 2.75) is 38.0 Å². The molecule has 0 bridgehead atoms. The second kappa shape index (κ2) is 3.32. The van der Waals surface area contributed by atoms with E-state index < -0.39 is 17.7 Å². The molecule has 3 nitrogen and oxygen atoms in total. The van der Waals surface area contributed by atoms with Gasteiger partial charge in [0, 0.05) is 0 Å². The Bertz CT molecular complexity index is 93.8. The number of rotatable bonds is 3. The molecule has 4 N–H and O–H groups in total. The molecule has 0 fully saturated rings. The summed E-state index contributed by atoms with van der Waals surface area (Å²) >= 11 is 0. The van der Waals surface area contributed by atoms with Crippen molar-refractivity contribution in [2.75, 3.05) is 0 Å². The van der Waals surface area contributed by atoms with E-state index in [1.807, 2.05) is 0 Å². The van der Waals surface area contributed by atoms with Gasteiger partial charge in [0.1, 0.15) is 0 Å². The zero-order chi connectivity index (χ0) is 8.36. The van der Waals surface area contributed by atoms with E-state index in [-0.39, 0.29) is 0 Å². The van der Waals surface area contributed by atoms with E-state index in [9.17, 15) is 0 Å². The van der Waals surface area contributed by atoms with Gasteiger partial charge in [0.25, 0.3) is 0 Å². The Morgan fingerprint density at radius 3 is 1.70 bits per heavy atom. The monoisotopic (exact) mass is 146 g/mol. The Balaban J connectivity index is 4.23. The normalized spacial score (nSPS) is 23.4. The fourth-order valence-corrected chi connectivity index (χ4v) is 0.767. The van der Waals surface area contributed by atoms with Crippen LogP contribution in [0.3, 0.4) is 0 Å². The SMILES string of the molecule is [CH2]CC(N)(C(C)O)C(C)O. The first kappa shape index (κ1) is 9.88. The Hall–Kier alpha value is -0.120. The molecule has 3 heteroatoms. The van der Waals surface area contributed by atoms with Gasteiger partial charge < -0.3 is 15.9 Å². The molecule has 0 saturated carbocycles. The van der Waals surface area contributed by atoms with Gasteiger partial charge in [0.2, 0.25) is 0 Å². The quantitative estimate of drug-likeness (QED) is 0.510. The lowest BCUT2D eigenvalue weighted by Gasteiger charge is -2.33.